The summed E-state index contributed by atoms with van der Waals surface area (Å²) in [5.41, 5.74) is 6.58. The Morgan fingerprint density at radius 2 is 1.26 bits per heavy atom. The number of ether oxygens (including phenoxy) is 5. The molecular formula is C25H47NO8. The van der Waals surface area contributed by atoms with Crippen molar-refractivity contribution < 1.29 is 39.0 Å². The summed E-state index contributed by atoms with van der Waals surface area (Å²) in [4.78, 5) is 0. The molecule has 3 aliphatic heterocycles. The van der Waals surface area contributed by atoms with E-state index in [1.807, 2.05) is 13.8 Å². The molecule has 0 spiro atoms. The molecule has 0 aliphatic carbocycles. The average Bonchev–Trinajstić information content (AvgIpc) is 2.83. The van der Waals surface area contributed by atoms with Gasteiger partial charge in [-0.15, -0.1) is 0 Å². The molecule has 3 saturated heterocycles. The SMILES string of the molecule is CCC1O[C@@H](O[C@H]2C(CC)O[C@@H](O[C@H]3C(CO)O[C@@H](O)C(C)[C@H]3O)C(N)[C@H]2C)C(C)[C@@H](C)[C@H]1C. The zero-order valence-electron chi connectivity index (χ0n) is 21.7. The van der Waals surface area contributed by atoms with Gasteiger partial charge in [0.25, 0.3) is 0 Å². The van der Waals surface area contributed by atoms with Crippen LogP contribution in [-0.2, 0) is 23.7 Å². The van der Waals surface area contributed by atoms with Crippen molar-refractivity contribution in [3.63, 3.8) is 0 Å². The second-order valence-corrected chi connectivity index (χ2v) is 10.7. The third-order valence-corrected chi connectivity index (χ3v) is 8.67. The topological polar surface area (TPSA) is 133 Å². The molecule has 34 heavy (non-hydrogen) atoms. The molecule has 200 valence electrons. The first kappa shape index (κ1) is 28.2. The Bertz CT molecular complexity index is 634. The van der Waals surface area contributed by atoms with Crippen molar-refractivity contribution in [1.82, 2.24) is 0 Å². The highest BCUT2D eigenvalue weighted by molar-refractivity contribution is 4.94. The quantitative estimate of drug-likeness (QED) is 0.421. The third-order valence-electron chi connectivity index (χ3n) is 8.67. The Balaban J connectivity index is 1.72. The summed E-state index contributed by atoms with van der Waals surface area (Å²) in [5.74, 6) is 0.483. The molecule has 0 saturated carbocycles. The predicted molar refractivity (Wildman–Crippen MR) is 125 cm³/mol. The van der Waals surface area contributed by atoms with Gasteiger partial charge in [0.2, 0.25) is 0 Å². The molecule has 9 nitrogen and oxygen atoms in total. The molecule has 9 heteroatoms. The number of nitrogens with two attached hydrogens (primary N) is 1. The van der Waals surface area contributed by atoms with Crippen LogP contribution in [0, 0.1) is 29.6 Å². The Hall–Kier alpha value is -0.360. The predicted octanol–water partition coefficient (Wildman–Crippen LogP) is 1.60. The molecule has 3 fully saturated rings. The lowest BCUT2D eigenvalue weighted by Gasteiger charge is -2.50. The first-order valence-corrected chi connectivity index (χ1v) is 13.0. The van der Waals surface area contributed by atoms with E-state index >= 15 is 0 Å². The van der Waals surface area contributed by atoms with Crippen LogP contribution in [0.3, 0.4) is 0 Å². The maximum atomic E-state index is 10.7. The largest absolute Gasteiger partial charge is 0.394 e. The highest BCUT2D eigenvalue weighted by atomic mass is 16.7. The second kappa shape index (κ2) is 11.8. The monoisotopic (exact) mass is 489 g/mol. The van der Waals surface area contributed by atoms with Crippen LogP contribution < -0.4 is 5.73 Å². The van der Waals surface area contributed by atoms with Gasteiger partial charge in [-0.25, -0.2) is 0 Å². The second-order valence-electron chi connectivity index (χ2n) is 10.7. The first-order chi connectivity index (χ1) is 16.0. The Morgan fingerprint density at radius 3 is 1.85 bits per heavy atom. The first-order valence-electron chi connectivity index (χ1n) is 13.0. The van der Waals surface area contributed by atoms with Gasteiger partial charge < -0.3 is 44.7 Å². The van der Waals surface area contributed by atoms with Crippen molar-refractivity contribution in [3.05, 3.63) is 0 Å². The third kappa shape index (κ3) is 5.48. The van der Waals surface area contributed by atoms with Crippen molar-refractivity contribution >= 4 is 0 Å². The summed E-state index contributed by atoms with van der Waals surface area (Å²) < 4.78 is 30.8. The maximum Gasteiger partial charge on any atom is 0.174 e. The van der Waals surface area contributed by atoms with E-state index in [0.717, 1.165) is 6.42 Å². The number of aliphatic hydroxyl groups excluding tert-OH is 3. The fraction of sp³-hybridized carbons (Fsp3) is 1.00. The van der Waals surface area contributed by atoms with E-state index in [0.29, 0.717) is 18.3 Å². The van der Waals surface area contributed by atoms with E-state index in [2.05, 4.69) is 27.7 Å². The van der Waals surface area contributed by atoms with Gasteiger partial charge in [0.15, 0.2) is 18.9 Å². The summed E-state index contributed by atoms with van der Waals surface area (Å²) in [5, 5.41) is 30.4. The van der Waals surface area contributed by atoms with Gasteiger partial charge in [-0.1, -0.05) is 48.5 Å². The van der Waals surface area contributed by atoms with Gasteiger partial charge in [0.1, 0.15) is 12.2 Å². The minimum atomic E-state index is -1.18. The molecule has 0 aromatic rings. The molecule has 0 aromatic carbocycles. The van der Waals surface area contributed by atoms with Crippen LogP contribution in [0.5, 0.6) is 0 Å². The van der Waals surface area contributed by atoms with Crippen molar-refractivity contribution in [2.75, 3.05) is 6.61 Å². The fourth-order valence-corrected chi connectivity index (χ4v) is 5.61. The van der Waals surface area contributed by atoms with E-state index in [9.17, 15) is 15.3 Å². The van der Waals surface area contributed by atoms with Gasteiger partial charge in [0.05, 0.1) is 37.1 Å². The van der Waals surface area contributed by atoms with E-state index < -0.39 is 49.5 Å². The summed E-state index contributed by atoms with van der Waals surface area (Å²) in [6.07, 6.45) is -3.89. The van der Waals surface area contributed by atoms with Crippen LogP contribution in [0.25, 0.3) is 0 Å². The average molecular weight is 490 g/mol. The fourth-order valence-electron chi connectivity index (χ4n) is 5.61. The summed E-state index contributed by atoms with van der Waals surface area (Å²) in [7, 11) is 0. The van der Waals surface area contributed by atoms with Crippen molar-refractivity contribution in [3.8, 4) is 0 Å². The van der Waals surface area contributed by atoms with Gasteiger partial charge in [-0.2, -0.15) is 0 Å². The lowest BCUT2D eigenvalue weighted by atomic mass is 9.78. The van der Waals surface area contributed by atoms with Crippen molar-refractivity contribution in [2.45, 2.75) is 123 Å². The van der Waals surface area contributed by atoms with Crippen LogP contribution >= 0.6 is 0 Å². The minimum absolute atomic E-state index is 0.105. The van der Waals surface area contributed by atoms with E-state index in [-0.39, 0.29) is 36.4 Å². The molecule has 3 aliphatic rings. The van der Waals surface area contributed by atoms with Crippen LogP contribution in [0.4, 0.5) is 0 Å². The number of hydrogen-bond donors (Lipinski definition) is 4. The minimum Gasteiger partial charge on any atom is -0.394 e. The Labute approximate surface area is 204 Å². The molecule has 0 radical (unpaired) electrons. The normalized spacial score (nSPS) is 52.5. The molecule has 0 bridgehead atoms. The van der Waals surface area contributed by atoms with Crippen LogP contribution in [0.2, 0.25) is 0 Å². The molecule has 3 rings (SSSR count). The molecular weight excluding hydrogens is 442 g/mol. The maximum absolute atomic E-state index is 10.7. The summed E-state index contributed by atoms with van der Waals surface area (Å²) >= 11 is 0. The van der Waals surface area contributed by atoms with Crippen molar-refractivity contribution in [2.24, 2.45) is 35.3 Å². The Morgan fingerprint density at radius 1 is 0.676 bits per heavy atom. The molecule has 15 atom stereocenters. The zero-order valence-corrected chi connectivity index (χ0v) is 21.7. The molecule has 0 aromatic heterocycles. The standard InChI is InChI=1S/C25H47NO8/c1-8-16-12(4)11(3)13(5)24(31-16)33-21-14(6)19(26)25(32-17(21)9-2)34-22-18(10-27)30-23(29)15(7)20(22)28/h11-25,27-29H,8-10,26H2,1-7H3/t11-,12+,13?,14+,15?,16?,17?,18?,19?,20+,21+,22-,23+,24-,25-/m0/s1. The van der Waals surface area contributed by atoms with Gasteiger partial charge in [-0.3, -0.25) is 0 Å². The van der Waals surface area contributed by atoms with Crippen molar-refractivity contribution in [1.29, 1.82) is 0 Å². The van der Waals surface area contributed by atoms with E-state index in [1.54, 1.807) is 6.92 Å². The molecule has 5 N–H and O–H groups in total. The highest BCUT2D eigenvalue weighted by Gasteiger charge is 2.50. The molecule has 0 amide bonds. The Kier molecular flexibility index (Phi) is 9.79. The summed E-state index contributed by atoms with van der Waals surface area (Å²) in [6.45, 7) is 14.1. The van der Waals surface area contributed by atoms with E-state index in [1.165, 1.54) is 0 Å². The van der Waals surface area contributed by atoms with Gasteiger partial charge >= 0.3 is 0 Å². The lowest BCUT2D eigenvalue weighted by Crippen LogP contribution is -2.63. The van der Waals surface area contributed by atoms with Gasteiger partial charge in [-0.05, 0) is 24.7 Å². The lowest BCUT2D eigenvalue weighted by molar-refractivity contribution is -0.343. The highest BCUT2D eigenvalue weighted by Crippen LogP contribution is 2.40. The number of aliphatic hydroxyl groups is 3. The zero-order chi connectivity index (χ0) is 25.3. The molecule has 3 heterocycles. The van der Waals surface area contributed by atoms with Gasteiger partial charge in [0, 0.05) is 17.8 Å². The number of hydrogen-bond acceptors (Lipinski definition) is 9. The van der Waals surface area contributed by atoms with E-state index in [4.69, 9.17) is 29.4 Å². The van der Waals surface area contributed by atoms with Crippen LogP contribution in [-0.4, -0.2) is 83.5 Å². The van der Waals surface area contributed by atoms with Crippen LogP contribution in [0.1, 0.15) is 61.3 Å². The number of rotatable bonds is 7. The summed E-state index contributed by atoms with van der Waals surface area (Å²) in [6, 6.07) is -0.529. The smallest absolute Gasteiger partial charge is 0.174 e. The molecule has 6 unspecified atom stereocenters. The van der Waals surface area contributed by atoms with Crippen LogP contribution in [0.15, 0.2) is 0 Å².